The third-order valence-electron chi connectivity index (χ3n) is 11.0. The monoisotopic (exact) mass is 706 g/mol. The summed E-state index contributed by atoms with van der Waals surface area (Å²) < 4.78 is 39.1. The highest BCUT2D eigenvalue weighted by molar-refractivity contribution is 7.90. The average molecular weight is 707 g/mol. The number of hydrogen-bond donors (Lipinski definition) is 1. The van der Waals surface area contributed by atoms with Crippen LogP contribution in [0.4, 0.5) is 0 Å². The second-order valence-corrected chi connectivity index (χ2v) is 16.6. The van der Waals surface area contributed by atoms with Crippen LogP contribution in [0, 0.1) is 24.2 Å². The number of pyridine rings is 1. The first-order valence-electron chi connectivity index (χ1n) is 17.3. The SMILES string of the molecule is C=C[C@@H]1C[C@]1(CC(=O)[C@@H]1CC(Oc2nccc3cc(C)ccc23)CN1C(=O)[C@@H](C)CCC(=O)N1C[C@@H]2C[C@H]1C(=O)O2)C(=O)NS(=O)(=O)C1CC1. The predicted octanol–water partition coefficient (Wildman–Crippen LogP) is 2.59. The molecule has 2 saturated carbocycles. The number of morpholine rings is 1. The summed E-state index contributed by atoms with van der Waals surface area (Å²) in [5.74, 6) is -2.69. The Morgan fingerprint density at radius 2 is 1.94 bits per heavy atom. The van der Waals surface area contributed by atoms with Crippen molar-refractivity contribution in [3.63, 3.8) is 0 Å². The fraction of sp³-hybridized carbons (Fsp3) is 0.556. The van der Waals surface area contributed by atoms with Crippen molar-refractivity contribution in [3.8, 4) is 5.88 Å². The number of likely N-dealkylation sites (tertiary alicyclic amines) is 2. The van der Waals surface area contributed by atoms with Gasteiger partial charge in [-0.05, 0) is 56.0 Å². The molecule has 1 unspecified atom stereocenters. The van der Waals surface area contributed by atoms with Crippen molar-refractivity contribution in [1.82, 2.24) is 19.5 Å². The van der Waals surface area contributed by atoms with Gasteiger partial charge in [0.2, 0.25) is 33.6 Å². The minimum absolute atomic E-state index is 0.0505. The van der Waals surface area contributed by atoms with E-state index in [4.69, 9.17) is 9.47 Å². The summed E-state index contributed by atoms with van der Waals surface area (Å²) >= 11 is 0. The van der Waals surface area contributed by atoms with E-state index in [1.165, 1.54) is 9.80 Å². The molecule has 2 aromatic rings. The number of carbonyl (C=O) groups is 5. The van der Waals surface area contributed by atoms with Gasteiger partial charge in [0.1, 0.15) is 18.2 Å². The standard InChI is InChI=1S/C36H42N4O9S/c1-4-23-16-36(23,35(45)38-50(46,47)26-7-8-26)17-30(41)28-14-24(48-32-27-9-5-20(2)13-22(27)11-12-37-32)19-40(28)33(43)21(3)6-10-31(42)39-18-25-15-29(39)34(44)49-25/h4-5,9,11-13,21,23-26,28-29H,1,6-8,10,14-19H2,2-3H3,(H,38,45)/t21-,23+,24?,25-,28-,29-,36+/m0/s1. The molecule has 7 atom stereocenters. The molecule has 4 heterocycles. The molecule has 1 aromatic carbocycles. The maximum Gasteiger partial charge on any atom is 0.329 e. The number of esters is 1. The number of rotatable bonds is 13. The van der Waals surface area contributed by atoms with E-state index in [2.05, 4.69) is 16.3 Å². The van der Waals surface area contributed by atoms with Crippen LogP contribution in [0.25, 0.3) is 10.8 Å². The maximum atomic E-state index is 14.2. The Bertz CT molecular complexity index is 1890. The van der Waals surface area contributed by atoms with Crippen molar-refractivity contribution in [3.05, 3.63) is 48.7 Å². The van der Waals surface area contributed by atoms with E-state index in [0.29, 0.717) is 31.7 Å². The van der Waals surface area contributed by atoms with E-state index in [-0.39, 0.29) is 68.3 Å². The molecule has 0 spiro atoms. The first-order valence-corrected chi connectivity index (χ1v) is 18.9. The number of aryl methyl sites for hydroxylation is 1. The number of benzene rings is 1. The quantitative estimate of drug-likeness (QED) is 0.241. The molecular weight excluding hydrogens is 664 g/mol. The first-order chi connectivity index (χ1) is 23.8. The van der Waals surface area contributed by atoms with E-state index >= 15 is 0 Å². The number of sulfonamides is 1. The van der Waals surface area contributed by atoms with Crippen LogP contribution >= 0.6 is 0 Å². The van der Waals surface area contributed by atoms with E-state index in [0.717, 1.165) is 16.3 Å². The molecule has 5 fully saturated rings. The highest BCUT2D eigenvalue weighted by Crippen LogP contribution is 2.57. The minimum atomic E-state index is -3.83. The Kier molecular flexibility index (Phi) is 8.72. The number of ketones is 1. The number of fused-ring (bicyclic) bond motifs is 3. The number of hydrogen-bond acceptors (Lipinski definition) is 10. The zero-order chi connectivity index (χ0) is 35.5. The summed E-state index contributed by atoms with van der Waals surface area (Å²) in [6.07, 6.45) is 4.22. The van der Waals surface area contributed by atoms with Crippen molar-refractivity contribution in [2.75, 3.05) is 13.1 Å². The van der Waals surface area contributed by atoms with Crippen molar-refractivity contribution in [1.29, 1.82) is 0 Å². The molecule has 5 aliphatic rings. The highest BCUT2D eigenvalue weighted by atomic mass is 32.2. The molecule has 0 radical (unpaired) electrons. The van der Waals surface area contributed by atoms with Crippen LogP contribution in [0.1, 0.15) is 63.9 Å². The molecule has 266 valence electrons. The van der Waals surface area contributed by atoms with Gasteiger partial charge in [-0.15, -0.1) is 6.58 Å². The normalized spacial score (nSPS) is 29.1. The fourth-order valence-corrected chi connectivity index (χ4v) is 9.16. The van der Waals surface area contributed by atoms with Gasteiger partial charge in [0.15, 0.2) is 5.78 Å². The molecular formula is C36H42N4O9S. The number of ether oxygens (including phenoxy) is 2. The van der Waals surface area contributed by atoms with E-state index in [1.54, 1.807) is 19.2 Å². The minimum Gasteiger partial charge on any atom is -0.472 e. The number of amides is 3. The molecule has 1 aromatic heterocycles. The number of nitrogens with zero attached hydrogens (tertiary/aromatic N) is 3. The Balaban J connectivity index is 1.08. The molecule has 14 heteroatoms. The Hall–Kier alpha value is -4.33. The number of allylic oxidation sites excluding steroid dienone is 1. The molecule has 3 amide bonds. The lowest BCUT2D eigenvalue weighted by Gasteiger charge is -2.28. The van der Waals surface area contributed by atoms with Gasteiger partial charge < -0.3 is 19.3 Å². The maximum absolute atomic E-state index is 14.2. The third kappa shape index (κ3) is 6.38. The summed E-state index contributed by atoms with van der Waals surface area (Å²) in [7, 11) is -3.83. The Morgan fingerprint density at radius 1 is 1.16 bits per heavy atom. The topological polar surface area (TPSA) is 169 Å². The van der Waals surface area contributed by atoms with Crippen molar-refractivity contribution in [2.45, 2.75) is 94.8 Å². The summed E-state index contributed by atoms with van der Waals surface area (Å²) in [6.45, 7) is 7.92. The van der Waals surface area contributed by atoms with Gasteiger partial charge >= 0.3 is 5.97 Å². The van der Waals surface area contributed by atoms with Crippen LogP contribution in [-0.2, 0) is 38.7 Å². The zero-order valence-corrected chi connectivity index (χ0v) is 29.0. The zero-order valence-electron chi connectivity index (χ0n) is 28.2. The second-order valence-electron chi connectivity index (χ2n) is 14.6. The first kappa shape index (κ1) is 34.1. The van der Waals surface area contributed by atoms with Crippen molar-refractivity contribution in [2.24, 2.45) is 17.3 Å². The van der Waals surface area contributed by atoms with Gasteiger partial charge in [0.05, 0.1) is 29.8 Å². The second kappa shape index (κ2) is 12.8. The molecule has 7 rings (SSSR count). The van der Waals surface area contributed by atoms with Crippen LogP contribution < -0.4 is 9.46 Å². The van der Waals surface area contributed by atoms with E-state index < -0.39 is 56.7 Å². The van der Waals surface area contributed by atoms with Gasteiger partial charge in [0.25, 0.3) is 0 Å². The van der Waals surface area contributed by atoms with Gasteiger partial charge in [0, 0.05) is 43.2 Å². The Morgan fingerprint density at radius 3 is 2.62 bits per heavy atom. The largest absolute Gasteiger partial charge is 0.472 e. The third-order valence-corrected chi connectivity index (χ3v) is 12.8. The smallest absolute Gasteiger partial charge is 0.329 e. The lowest BCUT2D eigenvalue weighted by Crippen LogP contribution is -2.46. The lowest BCUT2D eigenvalue weighted by atomic mass is 9.91. The number of nitrogens with one attached hydrogen (secondary N) is 1. The summed E-state index contributed by atoms with van der Waals surface area (Å²) in [4.78, 5) is 74.2. The summed E-state index contributed by atoms with van der Waals surface area (Å²) in [5, 5.41) is 1.12. The van der Waals surface area contributed by atoms with Crippen molar-refractivity contribution < 1.29 is 41.9 Å². The number of aromatic nitrogens is 1. The molecule has 3 aliphatic heterocycles. The van der Waals surface area contributed by atoms with Crippen LogP contribution in [0.15, 0.2) is 43.1 Å². The molecule has 2 aliphatic carbocycles. The predicted molar refractivity (Wildman–Crippen MR) is 180 cm³/mol. The summed E-state index contributed by atoms with van der Waals surface area (Å²) in [6, 6.07) is 6.24. The molecule has 1 N–H and O–H groups in total. The summed E-state index contributed by atoms with van der Waals surface area (Å²) in [5.41, 5.74) is -0.193. The van der Waals surface area contributed by atoms with Gasteiger partial charge in [-0.25, -0.2) is 18.2 Å². The lowest BCUT2D eigenvalue weighted by molar-refractivity contribution is -0.157. The van der Waals surface area contributed by atoms with E-state index in [1.807, 2.05) is 31.2 Å². The Labute approximate surface area is 290 Å². The van der Waals surface area contributed by atoms with Crippen LogP contribution in [0.5, 0.6) is 5.88 Å². The average Bonchev–Trinajstić information content (AvgIpc) is 3.94. The van der Waals surface area contributed by atoms with Crippen molar-refractivity contribution >= 4 is 50.3 Å². The molecule has 2 bridgehead atoms. The highest BCUT2D eigenvalue weighted by Gasteiger charge is 2.61. The fourth-order valence-electron chi connectivity index (χ4n) is 7.78. The number of Topliss-reactive ketones (excluding diaryl/α,β-unsaturated/α-hetero) is 1. The molecule has 50 heavy (non-hydrogen) atoms. The van der Waals surface area contributed by atoms with Crippen LogP contribution in [-0.4, -0.2) is 95.3 Å². The molecule has 13 nitrogen and oxygen atoms in total. The van der Waals surface area contributed by atoms with Crippen LogP contribution in [0.2, 0.25) is 0 Å². The van der Waals surface area contributed by atoms with Gasteiger partial charge in [-0.1, -0.05) is 30.7 Å². The van der Waals surface area contributed by atoms with E-state index in [9.17, 15) is 32.4 Å². The van der Waals surface area contributed by atoms with Gasteiger partial charge in [-0.3, -0.25) is 23.9 Å². The van der Waals surface area contributed by atoms with Gasteiger partial charge in [-0.2, -0.15) is 0 Å². The molecule has 3 saturated heterocycles. The number of carbonyl (C=O) groups excluding carboxylic acids is 5. The van der Waals surface area contributed by atoms with Crippen LogP contribution in [0.3, 0.4) is 0 Å².